The van der Waals surface area contributed by atoms with Crippen molar-refractivity contribution in [2.45, 2.75) is 31.4 Å². The summed E-state index contributed by atoms with van der Waals surface area (Å²) >= 11 is 0. The van der Waals surface area contributed by atoms with Gasteiger partial charge < -0.3 is 14.7 Å². The zero-order valence-electron chi connectivity index (χ0n) is 13.8. The van der Waals surface area contributed by atoms with E-state index in [1.807, 2.05) is 0 Å². The van der Waals surface area contributed by atoms with Gasteiger partial charge in [-0.1, -0.05) is 0 Å². The van der Waals surface area contributed by atoms with Crippen LogP contribution in [-0.2, 0) is 16.2 Å². The first kappa shape index (κ1) is 17.1. The lowest BCUT2D eigenvalue weighted by Crippen LogP contribution is -2.57. The molecule has 1 amide bonds. The van der Waals surface area contributed by atoms with Crippen LogP contribution in [0.2, 0.25) is 0 Å². The zero-order valence-corrected chi connectivity index (χ0v) is 13.8. The number of amides is 1. The van der Waals surface area contributed by atoms with E-state index >= 15 is 0 Å². The second kappa shape index (κ2) is 7.04. The predicted molar refractivity (Wildman–Crippen MR) is 84.7 cm³/mol. The zero-order chi connectivity index (χ0) is 17.2. The molecule has 132 valence electrons. The summed E-state index contributed by atoms with van der Waals surface area (Å²) in [7, 11) is 1.51. The van der Waals surface area contributed by atoms with Crippen LogP contribution < -0.4 is 4.74 Å². The molecule has 7 heteroatoms. The van der Waals surface area contributed by atoms with Crippen molar-refractivity contribution in [1.29, 1.82) is 0 Å². The van der Waals surface area contributed by atoms with Gasteiger partial charge in [0, 0.05) is 25.2 Å². The lowest BCUT2D eigenvalue weighted by Gasteiger charge is -2.39. The summed E-state index contributed by atoms with van der Waals surface area (Å²) in [6.07, 6.45) is 1.95. The first-order chi connectivity index (χ1) is 11.5. The van der Waals surface area contributed by atoms with Crippen LogP contribution in [-0.4, -0.2) is 59.9 Å². The van der Waals surface area contributed by atoms with E-state index < -0.39 is 5.60 Å². The Balaban J connectivity index is 1.72. The van der Waals surface area contributed by atoms with E-state index in [9.17, 15) is 14.3 Å². The van der Waals surface area contributed by atoms with Gasteiger partial charge in [0.25, 0.3) is 5.91 Å². The van der Waals surface area contributed by atoms with E-state index in [0.717, 1.165) is 6.42 Å². The molecule has 0 unspecified atom stereocenters. The van der Waals surface area contributed by atoms with Crippen molar-refractivity contribution in [3.8, 4) is 5.75 Å². The Morgan fingerprint density at radius 3 is 2.92 bits per heavy atom. The quantitative estimate of drug-likeness (QED) is 0.877. The van der Waals surface area contributed by atoms with Gasteiger partial charge in [0.2, 0.25) is 0 Å². The largest absolute Gasteiger partial charge is 0.497 e. The third-order valence-corrected chi connectivity index (χ3v) is 4.58. The average Bonchev–Trinajstić information content (AvgIpc) is 3.06. The highest BCUT2D eigenvalue weighted by Crippen LogP contribution is 2.27. The third kappa shape index (κ3) is 3.53. The number of rotatable bonds is 5. The molecule has 1 N–H and O–H groups in total. The summed E-state index contributed by atoms with van der Waals surface area (Å²) in [5, 5.41) is 12.4. The molecule has 1 aromatic carbocycles. The molecular weight excluding hydrogens is 315 g/mol. The molecule has 24 heavy (non-hydrogen) atoms. The highest BCUT2D eigenvalue weighted by Gasteiger charge is 2.44. The standard InChI is InChI=1S/C17H23FN2O4/c1-23-14-4-5-15(18)13(10-14)11-19-7-2-6-17(22,16(19)21)12-20-8-3-9-24-20/h4-5,10,22H,2-3,6-9,11-12H2,1H3/t17-/m1/s1. The van der Waals surface area contributed by atoms with Crippen molar-refractivity contribution < 1.29 is 23.9 Å². The van der Waals surface area contributed by atoms with Crippen molar-refractivity contribution in [2.24, 2.45) is 0 Å². The second-order valence-corrected chi connectivity index (χ2v) is 6.37. The normalized spacial score (nSPS) is 25.3. The van der Waals surface area contributed by atoms with Crippen LogP contribution in [0.25, 0.3) is 0 Å². The summed E-state index contributed by atoms with van der Waals surface area (Å²) < 4.78 is 19.1. The Bertz CT molecular complexity index is 606. The van der Waals surface area contributed by atoms with Crippen LogP contribution in [0.3, 0.4) is 0 Å². The number of hydrogen-bond acceptors (Lipinski definition) is 5. The summed E-state index contributed by atoms with van der Waals surface area (Å²) in [6.45, 7) is 2.09. The number of aliphatic hydroxyl groups is 1. The molecule has 3 rings (SSSR count). The fourth-order valence-electron chi connectivity index (χ4n) is 3.28. The molecule has 2 saturated heterocycles. The molecule has 1 aromatic rings. The van der Waals surface area contributed by atoms with E-state index in [-0.39, 0.29) is 24.8 Å². The number of carbonyl (C=O) groups excluding carboxylic acids is 1. The molecule has 2 aliphatic rings. The van der Waals surface area contributed by atoms with Gasteiger partial charge in [-0.2, -0.15) is 5.06 Å². The van der Waals surface area contributed by atoms with Crippen LogP contribution in [0.5, 0.6) is 5.75 Å². The maximum absolute atomic E-state index is 14.0. The van der Waals surface area contributed by atoms with Gasteiger partial charge in [-0.15, -0.1) is 0 Å². The van der Waals surface area contributed by atoms with Crippen molar-refractivity contribution >= 4 is 5.91 Å². The monoisotopic (exact) mass is 338 g/mol. The van der Waals surface area contributed by atoms with E-state index in [1.165, 1.54) is 24.1 Å². The van der Waals surface area contributed by atoms with E-state index in [4.69, 9.17) is 9.57 Å². The summed E-state index contributed by atoms with van der Waals surface area (Å²) in [5.41, 5.74) is -1.10. The van der Waals surface area contributed by atoms with Crippen molar-refractivity contribution in [1.82, 2.24) is 9.96 Å². The summed E-state index contributed by atoms with van der Waals surface area (Å²) in [4.78, 5) is 19.7. The third-order valence-electron chi connectivity index (χ3n) is 4.58. The van der Waals surface area contributed by atoms with Crippen molar-refractivity contribution in [3.05, 3.63) is 29.6 Å². The summed E-state index contributed by atoms with van der Waals surface area (Å²) in [5.74, 6) is -0.219. The summed E-state index contributed by atoms with van der Waals surface area (Å²) in [6, 6.07) is 4.45. The number of benzene rings is 1. The number of piperidine rings is 1. The molecule has 0 aromatic heterocycles. The molecule has 0 aliphatic carbocycles. The van der Waals surface area contributed by atoms with Crippen LogP contribution in [0.15, 0.2) is 18.2 Å². The first-order valence-corrected chi connectivity index (χ1v) is 8.24. The Kier molecular flexibility index (Phi) is 5.03. The van der Waals surface area contributed by atoms with Gasteiger partial charge >= 0.3 is 0 Å². The number of nitrogens with zero attached hydrogens (tertiary/aromatic N) is 2. The molecule has 0 radical (unpaired) electrons. The van der Waals surface area contributed by atoms with Crippen LogP contribution in [0, 0.1) is 5.82 Å². The number of hydrogen-bond donors (Lipinski definition) is 1. The molecule has 0 spiro atoms. The molecule has 2 fully saturated rings. The van der Waals surface area contributed by atoms with Gasteiger partial charge in [-0.3, -0.25) is 9.63 Å². The van der Waals surface area contributed by atoms with E-state index in [2.05, 4.69) is 0 Å². The molecule has 2 aliphatic heterocycles. The average molecular weight is 338 g/mol. The maximum atomic E-state index is 14.0. The highest BCUT2D eigenvalue weighted by atomic mass is 19.1. The molecule has 0 saturated carbocycles. The van der Waals surface area contributed by atoms with Gasteiger partial charge in [0.15, 0.2) is 5.60 Å². The number of ether oxygens (including phenoxy) is 1. The predicted octanol–water partition coefficient (Wildman–Crippen LogP) is 1.33. The number of carbonyl (C=O) groups is 1. The lowest BCUT2D eigenvalue weighted by molar-refractivity contribution is -0.182. The van der Waals surface area contributed by atoms with Gasteiger partial charge in [-0.05, 0) is 37.5 Å². The van der Waals surface area contributed by atoms with Crippen LogP contribution in [0.4, 0.5) is 4.39 Å². The van der Waals surface area contributed by atoms with E-state index in [1.54, 1.807) is 11.1 Å². The molecule has 1 atom stereocenters. The molecule has 2 heterocycles. The van der Waals surface area contributed by atoms with Gasteiger partial charge in [0.1, 0.15) is 11.6 Å². The number of β-amino-alcohol motifs (C(OH)–C–C–N with tert-alkyl or cyclic N) is 1. The van der Waals surface area contributed by atoms with Crippen LogP contribution in [0.1, 0.15) is 24.8 Å². The first-order valence-electron chi connectivity index (χ1n) is 8.24. The van der Waals surface area contributed by atoms with Gasteiger partial charge in [0.05, 0.1) is 20.3 Å². The van der Waals surface area contributed by atoms with Crippen molar-refractivity contribution in [3.63, 3.8) is 0 Å². The molecule has 0 bridgehead atoms. The minimum Gasteiger partial charge on any atom is -0.497 e. The SMILES string of the molecule is COc1ccc(F)c(CN2CCC[C@@](O)(CN3CCCO3)C2=O)c1. The fraction of sp³-hybridized carbons (Fsp3) is 0.588. The fourth-order valence-corrected chi connectivity index (χ4v) is 3.28. The molecular formula is C17H23FN2O4. The minimum atomic E-state index is -1.47. The second-order valence-electron chi connectivity index (χ2n) is 6.37. The Morgan fingerprint density at radius 2 is 2.21 bits per heavy atom. The number of methoxy groups -OCH3 is 1. The Morgan fingerprint density at radius 1 is 1.38 bits per heavy atom. The Labute approximate surface area is 140 Å². The molecule has 6 nitrogen and oxygen atoms in total. The van der Waals surface area contributed by atoms with Crippen molar-refractivity contribution in [2.75, 3.05) is 33.4 Å². The number of hydroxylamine groups is 2. The number of halogens is 1. The smallest absolute Gasteiger partial charge is 0.256 e. The minimum absolute atomic E-state index is 0.116. The Hall–Kier alpha value is -1.70. The van der Waals surface area contributed by atoms with Crippen LogP contribution >= 0.6 is 0 Å². The number of likely N-dealkylation sites (tertiary alicyclic amines) is 1. The highest BCUT2D eigenvalue weighted by molar-refractivity contribution is 5.86. The van der Waals surface area contributed by atoms with Gasteiger partial charge in [-0.25, -0.2) is 4.39 Å². The lowest BCUT2D eigenvalue weighted by atomic mass is 9.91. The topological polar surface area (TPSA) is 62.2 Å². The maximum Gasteiger partial charge on any atom is 0.256 e. The van der Waals surface area contributed by atoms with E-state index in [0.29, 0.717) is 43.9 Å².